The zero-order valence-corrected chi connectivity index (χ0v) is 23.3. The summed E-state index contributed by atoms with van der Waals surface area (Å²) in [7, 11) is 0. The second kappa shape index (κ2) is 11.3. The Kier molecular flexibility index (Phi) is 7.79. The molecule has 4 nitrogen and oxygen atoms in total. The predicted molar refractivity (Wildman–Crippen MR) is 157 cm³/mol. The van der Waals surface area contributed by atoms with Gasteiger partial charge in [-0.1, -0.05) is 86.6 Å². The van der Waals surface area contributed by atoms with Crippen LogP contribution in [0.25, 0.3) is 11.1 Å². The molecule has 4 aromatic carbocycles. The van der Waals surface area contributed by atoms with E-state index in [1.807, 2.05) is 0 Å². The SMILES string of the molecule is CCc1cc(C2(c3ccc(OCC(C)O)c(CC)c3)c3ccccc3-c3ccccc32)ccc1OCC(C)O. The van der Waals surface area contributed by atoms with Crippen molar-refractivity contribution in [2.75, 3.05) is 13.2 Å². The van der Waals surface area contributed by atoms with E-state index < -0.39 is 17.6 Å². The molecule has 0 saturated heterocycles. The van der Waals surface area contributed by atoms with Crippen molar-refractivity contribution >= 4 is 0 Å². The van der Waals surface area contributed by atoms with E-state index in [9.17, 15) is 10.2 Å². The van der Waals surface area contributed by atoms with Gasteiger partial charge in [0, 0.05) is 0 Å². The molecule has 1 aliphatic rings. The van der Waals surface area contributed by atoms with Crippen LogP contribution >= 0.6 is 0 Å². The Hall–Kier alpha value is -3.60. The van der Waals surface area contributed by atoms with Crippen molar-refractivity contribution in [2.45, 2.75) is 58.2 Å². The van der Waals surface area contributed by atoms with E-state index in [0.717, 1.165) is 35.5 Å². The van der Waals surface area contributed by atoms with E-state index in [1.165, 1.54) is 33.4 Å². The second-order valence-electron chi connectivity index (χ2n) is 10.5. The van der Waals surface area contributed by atoms with E-state index in [0.29, 0.717) is 0 Å². The first-order valence-corrected chi connectivity index (χ1v) is 14.0. The summed E-state index contributed by atoms with van der Waals surface area (Å²) < 4.78 is 12.0. The molecule has 0 fully saturated rings. The van der Waals surface area contributed by atoms with Crippen LogP contribution < -0.4 is 9.47 Å². The Labute approximate surface area is 231 Å². The number of aryl methyl sites for hydroxylation is 2. The first kappa shape index (κ1) is 27.0. The average molecular weight is 523 g/mol. The van der Waals surface area contributed by atoms with E-state index >= 15 is 0 Å². The maximum absolute atomic E-state index is 9.80. The second-order valence-corrected chi connectivity index (χ2v) is 10.5. The zero-order valence-electron chi connectivity index (χ0n) is 23.3. The third-order valence-electron chi connectivity index (χ3n) is 7.66. The number of hydrogen-bond donors (Lipinski definition) is 2. The van der Waals surface area contributed by atoms with Crippen molar-refractivity contribution in [2.24, 2.45) is 0 Å². The van der Waals surface area contributed by atoms with E-state index in [1.54, 1.807) is 13.8 Å². The smallest absolute Gasteiger partial charge is 0.122 e. The molecule has 4 aromatic rings. The fraction of sp³-hybridized carbons (Fsp3) is 0.314. The van der Waals surface area contributed by atoms with Crippen molar-refractivity contribution in [3.63, 3.8) is 0 Å². The average Bonchev–Trinajstić information content (AvgIpc) is 3.26. The van der Waals surface area contributed by atoms with E-state index in [4.69, 9.17) is 9.47 Å². The van der Waals surface area contributed by atoms with Crippen LogP contribution in [0.3, 0.4) is 0 Å². The highest BCUT2D eigenvalue weighted by molar-refractivity contribution is 5.86. The summed E-state index contributed by atoms with van der Waals surface area (Å²) in [6, 6.07) is 30.5. The van der Waals surface area contributed by atoms with Crippen LogP contribution in [-0.4, -0.2) is 35.6 Å². The molecule has 0 saturated carbocycles. The summed E-state index contributed by atoms with van der Waals surface area (Å²) >= 11 is 0. The predicted octanol–water partition coefficient (Wildman–Crippen LogP) is 6.69. The quantitative estimate of drug-likeness (QED) is 0.214. The largest absolute Gasteiger partial charge is 0.491 e. The van der Waals surface area contributed by atoms with Crippen LogP contribution in [0.5, 0.6) is 11.5 Å². The van der Waals surface area contributed by atoms with Crippen LogP contribution in [0, 0.1) is 0 Å². The van der Waals surface area contributed by atoms with Gasteiger partial charge in [0.2, 0.25) is 0 Å². The molecule has 1 aliphatic carbocycles. The minimum Gasteiger partial charge on any atom is -0.491 e. The maximum Gasteiger partial charge on any atom is 0.122 e. The number of aliphatic hydroxyl groups excluding tert-OH is 2. The number of ether oxygens (including phenoxy) is 2. The lowest BCUT2D eigenvalue weighted by molar-refractivity contribution is 0.122. The normalized spacial score (nSPS) is 14.8. The van der Waals surface area contributed by atoms with Gasteiger partial charge in [-0.05, 0) is 83.3 Å². The first-order valence-electron chi connectivity index (χ1n) is 14.0. The molecule has 0 amide bonds. The molecule has 0 radical (unpaired) electrons. The van der Waals surface area contributed by atoms with Crippen LogP contribution in [0.15, 0.2) is 84.9 Å². The molecule has 2 N–H and O–H groups in total. The minimum atomic E-state index is -0.531. The molecule has 0 bridgehead atoms. The summed E-state index contributed by atoms with van der Waals surface area (Å²) in [5.41, 5.74) is 9.06. The number of fused-ring (bicyclic) bond motifs is 3. The summed E-state index contributed by atoms with van der Waals surface area (Å²) in [6.07, 6.45) is 0.566. The van der Waals surface area contributed by atoms with Gasteiger partial charge in [0.05, 0.1) is 17.6 Å². The van der Waals surface area contributed by atoms with Gasteiger partial charge in [0.15, 0.2) is 0 Å². The lowest BCUT2D eigenvalue weighted by Crippen LogP contribution is -2.29. The number of aliphatic hydroxyl groups is 2. The summed E-state index contributed by atoms with van der Waals surface area (Å²) in [6.45, 7) is 8.28. The topological polar surface area (TPSA) is 58.9 Å². The molecule has 0 aromatic heterocycles. The Morgan fingerprint density at radius 3 is 1.41 bits per heavy atom. The summed E-state index contributed by atoms with van der Waals surface area (Å²) in [5, 5.41) is 19.6. The lowest BCUT2D eigenvalue weighted by Gasteiger charge is -2.35. The Bertz CT molecular complexity index is 1340. The molecular formula is C35H38O4. The van der Waals surface area contributed by atoms with Crippen LogP contribution in [0.4, 0.5) is 0 Å². The van der Waals surface area contributed by atoms with Crippen LogP contribution in [-0.2, 0) is 18.3 Å². The van der Waals surface area contributed by atoms with Gasteiger partial charge in [-0.2, -0.15) is 0 Å². The molecule has 0 aliphatic heterocycles. The van der Waals surface area contributed by atoms with Crippen molar-refractivity contribution in [3.05, 3.63) is 118 Å². The molecule has 4 heteroatoms. The van der Waals surface area contributed by atoms with Crippen molar-refractivity contribution in [1.82, 2.24) is 0 Å². The molecule has 0 spiro atoms. The monoisotopic (exact) mass is 522 g/mol. The third kappa shape index (κ3) is 4.84. The Morgan fingerprint density at radius 2 is 1.03 bits per heavy atom. The van der Waals surface area contributed by atoms with Gasteiger partial charge in [-0.3, -0.25) is 0 Å². The van der Waals surface area contributed by atoms with E-state index in [-0.39, 0.29) is 13.2 Å². The molecule has 39 heavy (non-hydrogen) atoms. The first-order chi connectivity index (χ1) is 18.9. The molecule has 2 unspecified atom stereocenters. The van der Waals surface area contributed by atoms with Gasteiger partial charge in [-0.25, -0.2) is 0 Å². The van der Waals surface area contributed by atoms with Gasteiger partial charge in [0.25, 0.3) is 0 Å². The highest BCUT2D eigenvalue weighted by Crippen LogP contribution is 2.56. The molecule has 5 rings (SSSR count). The molecule has 2 atom stereocenters. The molecule has 202 valence electrons. The third-order valence-corrected chi connectivity index (χ3v) is 7.66. The lowest BCUT2D eigenvalue weighted by atomic mass is 9.67. The summed E-state index contributed by atoms with van der Waals surface area (Å²) in [4.78, 5) is 0. The van der Waals surface area contributed by atoms with Crippen molar-refractivity contribution < 1.29 is 19.7 Å². The number of benzene rings is 4. The standard InChI is InChI=1S/C35H38O4/c1-5-25-19-27(15-17-33(25)38-21-23(3)36)35(28-16-18-34(26(6-2)20-28)39-22-24(4)37)31-13-9-7-11-29(31)30-12-8-10-14-32(30)35/h7-20,23-24,36-37H,5-6,21-22H2,1-4H3. The van der Waals surface area contributed by atoms with Gasteiger partial charge in [0.1, 0.15) is 24.7 Å². The Morgan fingerprint density at radius 1 is 0.615 bits per heavy atom. The van der Waals surface area contributed by atoms with Crippen molar-refractivity contribution in [1.29, 1.82) is 0 Å². The fourth-order valence-electron chi connectivity index (χ4n) is 5.90. The van der Waals surface area contributed by atoms with Gasteiger partial charge in [-0.15, -0.1) is 0 Å². The Balaban J connectivity index is 1.77. The summed E-state index contributed by atoms with van der Waals surface area (Å²) in [5.74, 6) is 1.63. The van der Waals surface area contributed by atoms with Gasteiger partial charge >= 0.3 is 0 Å². The number of hydrogen-bond acceptors (Lipinski definition) is 4. The molecule has 0 heterocycles. The number of rotatable bonds is 10. The fourth-order valence-corrected chi connectivity index (χ4v) is 5.90. The highest BCUT2D eigenvalue weighted by Gasteiger charge is 2.46. The minimum absolute atomic E-state index is 0.261. The van der Waals surface area contributed by atoms with Crippen LogP contribution in [0.1, 0.15) is 61.1 Å². The zero-order chi connectivity index (χ0) is 27.6. The molecular weight excluding hydrogens is 484 g/mol. The van der Waals surface area contributed by atoms with E-state index in [2.05, 4.69) is 98.8 Å². The van der Waals surface area contributed by atoms with Gasteiger partial charge < -0.3 is 19.7 Å². The maximum atomic E-state index is 9.80. The van der Waals surface area contributed by atoms with Crippen LogP contribution in [0.2, 0.25) is 0 Å². The van der Waals surface area contributed by atoms with Crippen molar-refractivity contribution in [3.8, 4) is 22.6 Å². The highest BCUT2D eigenvalue weighted by atomic mass is 16.5.